The van der Waals surface area contributed by atoms with Crippen molar-refractivity contribution in [3.8, 4) is 0 Å². The van der Waals surface area contributed by atoms with E-state index in [1.54, 1.807) is 6.07 Å². The molecule has 0 radical (unpaired) electrons. The minimum absolute atomic E-state index is 0.0193. The van der Waals surface area contributed by atoms with Gasteiger partial charge in [-0.1, -0.05) is 32.0 Å². The van der Waals surface area contributed by atoms with Crippen molar-refractivity contribution in [3.63, 3.8) is 0 Å². The Labute approximate surface area is 86.4 Å². The summed E-state index contributed by atoms with van der Waals surface area (Å²) in [7, 11) is 0. The number of halogens is 3. The maximum atomic E-state index is 12.5. The standard InChI is InChI=1S/C11H10F3N/c1-7(2)8-4-5-10(15-3)9(6-8)11(12,13)14/h4-7H,1-2H3. The minimum atomic E-state index is -4.45. The molecule has 15 heavy (non-hydrogen) atoms. The Morgan fingerprint density at radius 1 is 1.27 bits per heavy atom. The quantitative estimate of drug-likeness (QED) is 0.610. The van der Waals surface area contributed by atoms with E-state index in [0.29, 0.717) is 5.56 Å². The summed E-state index contributed by atoms with van der Waals surface area (Å²) in [6, 6.07) is 3.84. The fourth-order valence-corrected chi connectivity index (χ4v) is 1.24. The molecule has 0 bridgehead atoms. The van der Waals surface area contributed by atoms with Gasteiger partial charge in [0.2, 0.25) is 0 Å². The zero-order chi connectivity index (χ0) is 11.6. The molecule has 0 saturated carbocycles. The van der Waals surface area contributed by atoms with Crippen LogP contribution in [0.15, 0.2) is 18.2 Å². The van der Waals surface area contributed by atoms with E-state index in [0.717, 1.165) is 6.07 Å². The average Bonchev–Trinajstić information content (AvgIpc) is 2.15. The predicted octanol–water partition coefficient (Wildman–Crippen LogP) is 4.38. The fourth-order valence-electron chi connectivity index (χ4n) is 1.24. The minimum Gasteiger partial charge on any atom is -0.238 e. The van der Waals surface area contributed by atoms with Gasteiger partial charge < -0.3 is 0 Å². The lowest BCUT2D eigenvalue weighted by Gasteiger charge is -2.12. The number of hydrogen-bond acceptors (Lipinski definition) is 0. The van der Waals surface area contributed by atoms with E-state index >= 15 is 0 Å². The van der Waals surface area contributed by atoms with E-state index in [4.69, 9.17) is 6.57 Å². The SMILES string of the molecule is [C-]#[N+]c1ccc(C(C)C)cc1C(F)(F)F. The van der Waals surface area contributed by atoms with Gasteiger partial charge in [-0.25, -0.2) is 4.85 Å². The second kappa shape index (κ2) is 3.93. The van der Waals surface area contributed by atoms with Crippen LogP contribution < -0.4 is 0 Å². The molecule has 0 aliphatic rings. The Hall–Kier alpha value is -1.50. The molecule has 80 valence electrons. The summed E-state index contributed by atoms with van der Waals surface area (Å²) in [5.74, 6) is 0.0193. The van der Waals surface area contributed by atoms with Gasteiger partial charge in [-0.2, -0.15) is 13.2 Å². The molecule has 0 heterocycles. The van der Waals surface area contributed by atoms with Crippen LogP contribution in [0.1, 0.15) is 30.9 Å². The maximum absolute atomic E-state index is 12.5. The second-order valence-corrected chi connectivity index (χ2v) is 3.54. The highest BCUT2D eigenvalue weighted by Gasteiger charge is 2.33. The lowest BCUT2D eigenvalue weighted by Crippen LogP contribution is -2.06. The van der Waals surface area contributed by atoms with E-state index < -0.39 is 11.7 Å². The van der Waals surface area contributed by atoms with Gasteiger partial charge in [0.15, 0.2) is 5.69 Å². The van der Waals surface area contributed by atoms with Crippen LogP contribution in [0.2, 0.25) is 0 Å². The summed E-state index contributed by atoms with van der Waals surface area (Å²) in [6.45, 7) is 10.3. The predicted molar refractivity (Wildman–Crippen MR) is 51.8 cm³/mol. The van der Waals surface area contributed by atoms with Crippen molar-refractivity contribution in [1.82, 2.24) is 0 Å². The van der Waals surface area contributed by atoms with E-state index in [1.807, 2.05) is 13.8 Å². The fraction of sp³-hybridized carbons (Fsp3) is 0.364. The molecule has 1 nitrogen and oxygen atoms in total. The third-order valence-electron chi connectivity index (χ3n) is 2.11. The third kappa shape index (κ3) is 2.50. The smallest absolute Gasteiger partial charge is 0.238 e. The number of hydrogen-bond donors (Lipinski definition) is 0. The van der Waals surface area contributed by atoms with Gasteiger partial charge in [-0.05, 0) is 11.5 Å². The van der Waals surface area contributed by atoms with Crippen LogP contribution in [-0.4, -0.2) is 0 Å². The van der Waals surface area contributed by atoms with Gasteiger partial charge in [-0.15, -0.1) is 0 Å². The van der Waals surface area contributed by atoms with E-state index in [2.05, 4.69) is 4.85 Å². The van der Waals surface area contributed by atoms with Crippen molar-refractivity contribution in [1.29, 1.82) is 0 Å². The van der Waals surface area contributed by atoms with Gasteiger partial charge in [0, 0.05) is 0 Å². The van der Waals surface area contributed by atoms with Gasteiger partial charge in [0.05, 0.1) is 12.1 Å². The molecule has 0 fully saturated rings. The lowest BCUT2D eigenvalue weighted by molar-refractivity contribution is -0.136. The third-order valence-corrected chi connectivity index (χ3v) is 2.11. The van der Waals surface area contributed by atoms with Gasteiger partial charge in [-0.3, -0.25) is 0 Å². The number of alkyl halides is 3. The Bertz CT molecular complexity index is 399. The molecule has 0 atom stereocenters. The van der Waals surface area contributed by atoms with Crippen LogP contribution in [0.25, 0.3) is 4.85 Å². The molecule has 0 aliphatic heterocycles. The molecule has 0 spiro atoms. The van der Waals surface area contributed by atoms with Crippen molar-refractivity contribution in [2.45, 2.75) is 25.9 Å². The summed E-state index contributed by atoms with van der Waals surface area (Å²) in [6.07, 6.45) is -4.45. The second-order valence-electron chi connectivity index (χ2n) is 3.54. The lowest BCUT2D eigenvalue weighted by atomic mass is 9.99. The van der Waals surface area contributed by atoms with Gasteiger partial charge in [0.25, 0.3) is 0 Å². The topological polar surface area (TPSA) is 4.36 Å². The monoisotopic (exact) mass is 213 g/mol. The average molecular weight is 213 g/mol. The number of benzene rings is 1. The highest BCUT2D eigenvalue weighted by Crippen LogP contribution is 2.37. The van der Waals surface area contributed by atoms with Crippen LogP contribution in [0, 0.1) is 6.57 Å². The molecule has 1 aromatic rings. The first-order chi connectivity index (χ1) is 6.86. The van der Waals surface area contributed by atoms with Gasteiger partial charge in [0.1, 0.15) is 0 Å². The Kier molecular flexibility index (Phi) is 3.04. The first-order valence-corrected chi connectivity index (χ1v) is 4.45. The van der Waals surface area contributed by atoms with Crippen LogP contribution in [0.5, 0.6) is 0 Å². The summed E-state index contributed by atoms with van der Waals surface area (Å²) in [5, 5.41) is 0. The van der Waals surface area contributed by atoms with Crippen LogP contribution in [-0.2, 0) is 6.18 Å². The highest BCUT2D eigenvalue weighted by atomic mass is 19.4. The van der Waals surface area contributed by atoms with E-state index in [1.165, 1.54) is 6.07 Å². The zero-order valence-electron chi connectivity index (χ0n) is 8.39. The van der Waals surface area contributed by atoms with E-state index in [9.17, 15) is 13.2 Å². The van der Waals surface area contributed by atoms with Crippen LogP contribution in [0.4, 0.5) is 18.9 Å². The van der Waals surface area contributed by atoms with Crippen molar-refractivity contribution in [2.24, 2.45) is 0 Å². The normalized spacial score (nSPS) is 11.5. The summed E-state index contributed by atoms with van der Waals surface area (Å²) >= 11 is 0. The maximum Gasteiger partial charge on any atom is 0.407 e. The summed E-state index contributed by atoms with van der Waals surface area (Å²) in [5.41, 5.74) is -0.592. The van der Waals surface area contributed by atoms with Crippen molar-refractivity contribution >= 4 is 5.69 Å². The first-order valence-electron chi connectivity index (χ1n) is 4.45. The summed E-state index contributed by atoms with van der Waals surface area (Å²) in [4.78, 5) is 2.87. The molecule has 1 aromatic carbocycles. The molecular formula is C11H10F3N. The van der Waals surface area contributed by atoms with Crippen molar-refractivity contribution in [2.75, 3.05) is 0 Å². The molecule has 0 amide bonds. The largest absolute Gasteiger partial charge is 0.407 e. The Morgan fingerprint density at radius 3 is 2.27 bits per heavy atom. The molecule has 0 aliphatic carbocycles. The zero-order valence-corrected chi connectivity index (χ0v) is 8.39. The van der Waals surface area contributed by atoms with Crippen molar-refractivity contribution < 1.29 is 13.2 Å². The molecule has 0 N–H and O–H groups in total. The van der Waals surface area contributed by atoms with Crippen molar-refractivity contribution in [3.05, 3.63) is 40.7 Å². The highest BCUT2D eigenvalue weighted by molar-refractivity contribution is 5.55. The van der Waals surface area contributed by atoms with Crippen LogP contribution in [0.3, 0.4) is 0 Å². The van der Waals surface area contributed by atoms with Gasteiger partial charge >= 0.3 is 6.18 Å². The Balaban J connectivity index is 3.34. The van der Waals surface area contributed by atoms with E-state index in [-0.39, 0.29) is 11.6 Å². The number of rotatable bonds is 1. The molecule has 0 unspecified atom stereocenters. The summed E-state index contributed by atoms with van der Waals surface area (Å²) < 4.78 is 37.6. The molecule has 4 heteroatoms. The number of nitrogens with zero attached hydrogens (tertiary/aromatic N) is 1. The molecule has 0 saturated heterocycles. The van der Waals surface area contributed by atoms with Crippen LogP contribution >= 0.6 is 0 Å². The molecule has 1 rings (SSSR count). The molecular weight excluding hydrogens is 203 g/mol. The first kappa shape index (κ1) is 11.6. The molecule has 0 aromatic heterocycles. The Morgan fingerprint density at radius 2 is 1.87 bits per heavy atom.